The van der Waals surface area contributed by atoms with Crippen LogP contribution in [0.2, 0.25) is 0 Å². The average Bonchev–Trinajstić information content (AvgIpc) is 2.85. The number of nitrogens with one attached hydrogen (secondary N) is 1. The first kappa shape index (κ1) is 13.9. The largest absolute Gasteiger partial charge is 0.380 e. The van der Waals surface area contributed by atoms with Gasteiger partial charge >= 0.3 is 0 Å². The van der Waals surface area contributed by atoms with Crippen molar-refractivity contribution in [3.05, 3.63) is 35.2 Å². The third-order valence-electron chi connectivity index (χ3n) is 2.76. The minimum Gasteiger partial charge on any atom is -0.380 e. The van der Waals surface area contributed by atoms with Crippen molar-refractivity contribution in [2.45, 2.75) is 6.42 Å². The van der Waals surface area contributed by atoms with Gasteiger partial charge in [0.25, 0.3) is 0 Å². The van der Waals surface area contributed by atoms with Gasteiger partial charge in [0.05, 0.1) is 13.2 Å². The summed E-state index contributed by atoms with van der Waals surface area (Å²) >= 11 is 5.92. The topological polar surface area (TPSA) is 21.3 Å². The summed E-state index contributed by atoms with van der Waals surface area (Å²) in [7, 11) is 0. The van der Waals surface area contributed by atoms with Gasteiger partial charge in [-0.15, -0.1) is 11.3 Å². The molecule has 98 valence electrons. The van der Waals surface area contributed by atoms with Gasteiger partial charge in [0, 0.05) is 23.5 Å². The van der Waals surface area contributed by atoms with E-state index in [0.29, 0.717) is 0 Å². The Hall–Kier alpha value is -0.550. The Labute approximate surface area is 118 Å². The zero-order valence-electron chi connectivity index (χ0n) is 10.4. The highest BCUT2D eigenvalue weighted by molar-refractivity contribution is 7.80. The third-order valence-corrected chi connectivity index (χ3v) is 3.89. The van der Waals surface area contributed by atoms with Crippen LogP contribution in [0.25, 0.3) is 10.1 Å². The summed E-state index contributed by atoms with van der Waals surface area (Å²) in [5.74, 6) is 0.876. The van der Waals surface area contributed by atoms with Gasteiger partial charge < -0.3 is 10.1 Å². The van der Waals surface area contributed by atoms with Crippen LogP contribution in [0, 0.1) is 0 Å². The quantitative estimate of drug-likeness (QED) is 0.573. The molecular weight excluding hydrogens is 262 g/mol. The Morgan fingerprint density at radius 3 is 3.00 bits per heavy atom. The standard InChI is InChI=1S/C14H19NOS2/c17-9-6-15-5-8-16-7-3-12-1-2-14-13(11-12)4-10-18-14/h1-2,4,10-11,15,17H,3,5-9H2. The van der Waals surface area contributed by atoms with Crippen LogP contribution in [0.4, 0.5) is 0 Å². The van der Waals surface area contributed by atoms with Crippen molar-refractivity contribution in [1.29, 1.82) is 0 Å². The molecule has 0 saturated heterocycles. The molecule has 0 bridgehead atoms. The first-order chi connectivity index (χ1) is 8.90. The molecule has 1 aromatic heterocycles. The third kappa shape index (κ3) is 4.28. The molecule has 1 N–H and O–H groups in total. The summed E-state index contributed by atoms with van der Waals surface area (Å²) in [6.07, 6.45) is 0.984. The van der Waals surface area contributed by atoms with Crippen LogP contribution < -0.4 is 5.32 Å². The van der Waals surface area contributed by atoms with Crippen molar-refractivity contribution in [2.75, 3.05) is 32.1 Å². The van der Waals surface area contributed by atoms with Crippen LogP contribution in [-0.2, 0) is 11.2 Å². The lowest BCUT2D eigenvalue weighted by molar-refractivity contribution is 0.139. The smallest absolute Gasteiger partial charge is 0.0591 e. The van der Waals surface area contributed by atoms with Crippen molar-refractivity contribution in [3.8, 4) is 0 Å². The molecule has 2 rings (SSSR count). The van der Waals surface area contributed by atoms with Gasteiger partial charge in [-0.25, -0.2) is 0 Å². The van der Waals surface area contributed by atoms with Gasteiger partial charge in [-0.3, -0.25) is 0 Å². The molecule has 0 atom stereocenters. The minimum atomic E-state index is 0.772. The lowest BCUT2D eigenvalue weighted by Gasteiger charge is -2.05. The first-order valence-electron chi connectivity index (χ1n) is 6.25. The van der Waals surface area contributed by atoms with E-state index in [0.717, 1.165) is 38.5 Å². The van der Waals surface area contributed by atoms with E-state index in [1.807, 2.05) is 0 Å². The fraction of sp³-hybridized carbons (Fsp3) is 0.429. The molecule has 18 heavy (non-hydrogen) atoms. The first-order valence-corrected chi connectivity index (χ1v) is 7.77. The average molecular weight is 281 g/mol. The zero-order chi connectivity index (χ0) is 12.6. The van der Waals surface area contributed by atoms with Gasteiger partial charge in [0.2, 0.25) is 0 Å². The highest BCUT2D eigenvalue weighted by atomic mass is 32.1. The maximum atomic E-state index is 5.59. The van der Waals surface area contributed by atoms with E-state index in [4.69, 9.17) is 4.74 Å². The summed E-state index contributed by atoms with van der Waals surface area (Å²) in [6, 6.07) is 8.82. The highest BCUT2D eigenvalue weighted by Gasteiger charge is 1.98. The molecule has 0 amide bonds. The molecule has 0 aliphatic heterocycles. The fourth-order valence-electron chi connectivity index (χ4n) is 1.81. The molecule has 0 aliphatic carbocycles. The monoisotopic (exact) mass is 281 g/mol. The molecular formula is C14H19NOS2. The molecule has 1 heterocycles. The summed E-state index contributed by atoms with van der Waals surface area (Å²) in [4.78, 5) is 0. The Balaban J connectivity index is 1.67. The summed E-state index contributed by atoms with van der Waals surface area (Å²) in [6.45, 7) is 3.41. The maximum absolute atomic E-state index is 5.59. The van der Waals surface area contributed by atoms with Crippen molar-refractivity contribution in [3.63, 3.8) is 0 Å². The molecule has 2 nitrogen and oxygen atoms in total. The fourth-order valence-corrected chi connectivity index (χ4v) is 2.74. The Bertz CT molecular complexity index is 470. The van der Waals surface area contributed by atoms with Gasteiger partial charge in [-0.1, -0.05) is 12.1 Å². The number of hydrogen-bond donors (Lipinski definition) is 2. The van der Waals surface area contributed by atoms with Gasteiger partial charge in [-0.2, -0.15) is 12.6 Å². The molecule has 0 fully saturated rings. The van der Waals surface area contributed by atoms with Crippen LogP contribution in [0.1, 0.15) is 5.56 Å². The predicted molar refractivity (Wildman–Crippen MR) is 83.1 cm³/mol. The molecule has 0 aliphatic rings. The van der Waals surface area contributed by atoms with Crippen LogP contribution in [0.15, 0.2) is 29.6 Å². The Morgan fingerprint density at radius 1 is 1.17 bits per heavy atom. The number of benzene rings is 1. The van der Waals surface area contributed by atoms with Gasteiger partial charge in [0.15, 0.2) is 0 Å². The highest BCUT2D eigenvalue weighted by Crippen LogP contribution is 2.21. The van der Waals surface area contributed by atoms with Gasteiger partial charge in [-0.05, 0) is 34.9 Å². The summed E-state index contributed by atoms with van der Waals surface area (Å²) < 4.78 is 6.95. The number of thiophene rings is 1. The number of rotatable bonds is 8. The molecule has 2 aromatic rings. The second-order valence-electron chi connectivity index (χ2n) is 4.13. The summed E-state index contributed by atoms with van der Waals surface area (Å²) in [5.41, 5.74) is 1.35. The maximum Gasteiger partial charge on any atom is 0.0591 e. The van der Waals surface area contributed by atoms with Crippen LogP contribution in [-0.4, -0.2) is 32.1 Å². The van der Waals surface area contributed by atoms with Crippen LogP contribution in [0.3, 0.4) is 0 Å². The van der Waals surface area contributed by atoms with Crippen molar-refractivity contribution < 1.29 is 4.74 Å². The van der Waals surface area contributed by atoms with E-state index in [9.17, 15) is 0 Å². The SMILES string of the molecule is SCCNCCOCCc1ccc2sccc2c1. The van der Waals surface area contributed by atoms with E-state index < -0.39 is 0 Å². The number of thiol groups is 1. The number of ether oxygens (including phenoxy) is 1. The minimum absolute atomic E-state index is 0.772. The van der Waals surface area contributed by atoms with E-state index in [-0.39, 0.29) is 0 Å². The molecule has 4 heteroatoms. The van der Waals surface area contributed by atoms with E-state index in [1.165, 1.54) is 15.6 Å². The number of hydrogen-bond acceptors (Lipinski definition) is 4. The molecule has 0 radical (unpaired) electrons. The molecule has 0 saturated carbocycles. The Kier molecular flexibility index (Phi) is 6.00. The van der Waals surface area contributed by atoms with Crippen molar-refractivity contribution in [2.24, 2.45) is 0 Å². The zero-order valence-corrected chi connectivity index (χ0v) is 12.1. The predicted octanol–water partition coefficient (Wildman–Crippen LogP) is 2.98. The second-order valence-corrected chi connectivity index (χ2v) is 5.52. The Morgan fingerprint density at radius 2 is 2.11 bits per heavy atom. The molecule has 1 aromatic carbocycles. The van der Waals surface area contributed by atoms with E-state index >= 15 is 0 Å². The van der Waals surface area contributed by atoms with Crippen LogP contribution >= 0.6 is 24.0 Å². The molecule has 0 spiro atoms. The lowest BCUT2D eigenvalue weighted by atomic mass is 10.1. The molecule has 0 unspecified atom stereocenters. The van der Waals surface area contributed by atoms with Crippen LogP contribution in [0.5, 0.6) is 0 Å². The normalized spacial score (nSPS) is 11.2. The second kappa shape index (κ2) is 7.79. The lowest BCUT2D eigenvalue weighted by Crippen LogP contribution is -2.22. The summed E-state index contributed by atoms with van der Waals surface area (Å²) in [5, 5.41) is 6.73. The van der Waals surface area contributed by atoms with Gasteiger partial charge in [0.1, 0.15) is 0 Å². The van der Waals surface area contributed by atoms with Crippen molar-refractivity contribution in [1.82, 2.24) is 5.32 Å². The van der Waals surface area contributed by atoms with Crippen molar-refractivity contribution >= 4 is 34.1 Å². The van der Waals surface area contributed by atoms with E-state index in [2.05, 4.69) is 47.6 Å². The van der Waals surface area contributed by atoms with E-state index in [1.54, 1.807) is 11.3 Å². The number of fused-ring (bicyclic) bond motifs is 1.